The molecule has 2 aromatic carbocycles. The van der Waals surface area contributed by atoms with Crippen molar-refractivity contribution in [1.29, 1.82) is 0 Å². The van der Waals surface area contributed by atoms with Crippen molar-refractivity contribution < 1.29 is 14.3 Å². The van der Waals surface area contributed by atoms with Gasteiger partial charge in [-0.1, -0.05) is 31.5 Å². The highest BCUT2D eigenvalue weighted by Gasteiger charge is 2.10. The van der Waals surface area contributed by atoms with E-state index < -0.39 is 0 Å². The maximum Gasteiger partial charge on any atom is 0.338 e. The molecule has 0 N–H and O–H groups in total. The third-order valence-electron chi connectivity index (χ3n) is 3.82. The van der Waals surface area contributed by atoms with Gasteiger partial charge in [-0.25, -0.2) is 4.79 Å². The highest BCUT2D eigenvalue weighted by Crippen LogP contribution is 2.15. The number of nitrogens with zero attached hydrogens (tertiary/aromatic N) is 1. The number of rotatable bonds is 9. The topological polar surface area (TPSA) is 38.8 Å². The fourth-order valence-corrected chi connectivity index (χ4v) is 2.42. The van der Waals surface area contributed by atoms with Crippen LogP contribution in [0.2, 0.25) is 0 Å². The van der Waals surface area contributed by atoms with Crippen LogP contribution in [0.15, 0.2) is 54.6 Å². The van der Waals surface area contributed by atoms with E-state index in [9.17, 15) is 4.79 Å². The lowest BCUT2D eigenvalue weighted by molar-refractivity contribution is 0.0515. The zero-order valence-electron chi connectivity index (χ0n) is 14.4. The third-order valence-corrected chi connectivity index (χ3v) is 3.82. The first kappa shape index (κ1) is 17.9. The summed E-state index contributed by atoms with van der Waals surface area (Å²) >= 11 is 0. The van der Waals surface area contributed by atoms with Gasteiger partial charge in [0.05, 0.1) is 19.2 Å². The molecule has 0 spiro atoms. The van der Waals surface area contributed by atoms with Gasteiger partial charge in [-0.3, -0.25) is 0 Å². The summed E-state index contributed by atoms with van der Waals surface area (Å²) in [6, 6.07) is 17.2. The minimum Gasteiger partial charge on any atom is -0.497 e. The number of benzene rings is 2. The molecule has 0 atom stereocenters. The molecule has 0 aliphatic rings. The van der Waals surface area contributed by atoms with E-state index in [-0.39, 0.29) is 5.97 Å². The Balaban J connectivity index is 1.88. The highest BCUT2D eigenvalue weighted by molar-refractivity contribution is 5.89. The number of esters is 1. The molecule has 0 bridgehead atoms. The lowest BCUT2D eigenvalue weighted by Gasteiger charge is -2.24. The quantitative estimate of drug-likeness (QED) is 0.648. The summed E-state index contributed by atoms with van der Waals surface area (Å²) in [5, 5.41) is 0. The van der Waals surface area contributed by atoms with E-state index >= 15 is 0 Å². The molecule has 2 aromatic rings. The van der Waals surface area contributed by atoms with Crippen LogP contribution in [0.1, 0.15) is 30.1 Å². The molecule has 0 saturated carbocycles. The van der Waals surface area contributed by atoms with Gasteiger partial charge in [0.1, 0.15) is 12.4 Å². The second-order valence-electron chi connectivity index (χ2n) is 5.54. The summed E-state index contributed by atoms with van der Waals surface area (Å²) in [5.74, 6) is 0.419. The van der Waals surface area contributed by atoms with Crippen molar-refractivity contribution in [2.24, 2.45) is 0 Å². The number of hydrogen-bond donors (Lipinski definition) is 0. The summed E-state index contributed by atoms with van der Waals surface area (Å²) < 4.78 is 10.5. The molecule has 0 radical (unpaired) electrons. The van der Waals surface area contributed by atoms with Crippen molar-refractivity contribution >= 4 is 11.7 Å². The van der Waals surface area contributed by atoms with Crippen LogP contribution in [-0.4, -0.2) is 32.8 Å². The summed E-state index contributed by atoms with van der Waals surface area (Å²) in [7, 11) is 1.60. The minimum atomic E-state index is -0.304. The number of carbonyl (C=O) groups is 1. The lowest BCUT2D eigenvalue weighted by atomic mass is 10.2. The second-order valence-corrected chi connectivity index (χ2v) is 5.54. The van der Waals surface area contributed by atoms with Gasteiger partial charge in [0.2, 0.25) is 0 Å². The van der Waals surface area contributed by atoms with Crippen LogP contribution in [0.3, 0.4) is 0 Å². The Bertz CT molecular complexity index is 611. The number of para-hydroxylation sites is 1. The zero-order valence-corrected chi connectivity index (χ0v) is 14.4. The van der Waals surface area contributed by atoms with Crippen LogP contribution < -0.4 is 9.64 Å². The van der Waals surface area contributed by atoms with Crippen LogP contribution in [0, 0.1) is 0 Å². The Morgan fingerprint density at radius 3 is 2.33 bits per heavy atom. The van der Waals surface area contributed by atoms with E-state index in [0.717, 1.165) is 30.8 Å². The van der Waals surface area contributed by atoms with Crippen LogP contribution in [0.5, 0.6) is 5.75 Å². The fourth-order valence-electron chi connectivity index (χ4n) is 2.42. The third kappa shape index (κ3) is 5.30. The standard InChI is InChI=1S/C20H25NO3/c1-3-4-14-21(18-8-6-5-7-9-18)15-16-24-20(22)17-10-12-19(23-2)13-11-17/h5-13H,3-4,14-16H2,1-2H3. The van der Waals surface area contributed by atoms with Crippen molar-refractivity contribution in [3.63, 3.8) is 0 Å². The van der Waals surface area contributed by atoms with Crippen molar-refractivity contribution in [3.8, 4) is 5.75 Å². The maximum atomic E-state index is 12.1. The molecular formula is C20H25NO3. The van der Waals surface area contributed by atoms with Gasteiger partial charge in [-0.15, -0.1) is 0 Å². The molecule has 0 aliphatic carbocycles. The number of anilines is 1. The van der Waals surface area contributed by atoms with Gasteiger partial charge in [0.25, 0.3) is 0 Å². The van der Waals surface area contributed by atoms with Gasteiger partial charge in [0, 0.05) is 12.2 Å². The van der Waals surface area contributed by atoms with E-state index in [1.165, 1.54) is 0 Å². The lowest BCUT2D eigenvalue weighted by Crippen LogP contribution is -2.29. The van der Waals surface area contributed by atoms with E-state index in [1.54, 1.807) is 31.4 Å². The number of methoxy groups -OCH3 is 1. The Morgan fingerprint density at radius 2 is 1.71 bits per heavy atom. The van der Waals surface area contributed by atoms with Gasteiger partial charge < -0.3 is 14.4 Å². The first-order valence-electron chi connectivity index (χ1n) is 8.35. The van der Waals surface area contributed by atoms with Crippen LogP contribution in [0.4, 0.5) is 5.69 Å². The van der Waals surface area contributed by atoms with E-state index in [1.807, 2.05) is 18.2 Å². The van der Waals surface area contributed by atoms with Crippen molar-refractivity contribution in [2.45, 2.75) is 19.8 Å². The molecule has 0 fully saturated rings. The highest BCUT2D eigenvalue weighted by atomic mass is 16.5. The average molecular weight is 327 g/mol. The van der Waals surface area contributed by atoms with Gasteiger partial charge in [-0.05, 0) is 42.8 Å². The van der Waals surface area contributed by atoms with E-state index in [4.69, 9.17) is 9.47 Å². The Kier molecular flexibility index (Phi) is 7.15. The molecule has 2 rings (SSSR count). The predicted molar refractivity (Wildman–Crippen MR) is 96.8 cm³/mol. The summed E-state index contributed by atoms with van der Waals surface area (Å²) in [6.45, 7) is 4.18. The largest absolute Gasteiger partial charge is 0.497 e. The Morgan fingerprint density at radius 1 is 1.00 bits per heavy atom. The molecule has 0 unspecified atom stereocenters. The zero-order chi connectivity index (χ0) is 17.2. The van der Waals surface area contributed by atoms with Crippen molar-refractivity contribution in [1.82, 2.24) is 0 Å². The first-order valence-corrected chi connectivity index (χ1v) is 8.35. The number of unbranched alkanes of at least 4 members (excludes halogenated alkanes) is 1. The van der Waals surface area contributed by atoms with Gasteiger partial charge in [0.15, 0.2) is 0 Å². The van der Waals surface area contributed by atoms with Crippen LogP contribution >= 0.6 is 0 Å². The average Bonchev–Trinajstić information content (AvgIpc) is 2.65. The summed E-state index contributed by atoms with van der Waals surface area (Å²) in [6.07, 6.45) is 2.25. The number of hydrogen-bond acceptors (Lipinski definition) is 4. The van der Waals surface area contributed by atoms with Crippen LogP contribution in [0.25, 0.3) is 0 Å². The SMILES string of the molecule is CCCCN(CCOC(=O)c1ccc(OC)cc1)c1ccccc1. The van der Waals surface area contributed by atoms with Crippen LogP contribution in [-0.2, 0) is 4.74 Å². The van der Waals surface area contributed by atoms with E-state index in [0.29, 0.717) is 18.7 Å². The Hall–Kier alpha value is -2.49. The molecule has 0 amide bonds. The van der Waals surface area contributed by atoms with Gasteiger partial charge >= 0.3 is 5.97 Å². The molecule has 0 aromatic heterocycles. The minimum absolute atomic E-state index is 0.304. The molecule has 24 heavy (non-hydrogen) atoms. The number of ether oxygens (including phenoxy) is 2. The summed E-state index contributed by atoms with van der Waals surface area (Å²) in [5.41, 5.74) is 1.70. The maximum absolute atomic E-state index is 12.1. The predicted octanol–water partition coefficient (Wildman–Crippen LogP) is 4.16. The van der Waals surface area contributed by atoms with E-state index in [2.05, 4.69) is 24.0 Å². The van der Waals surface area contributed by atoms with Crippen molar-refractivity contribution in [2.75, 3.05) is 31.7 Å². The molecular weight excluding hydrogens is 302 g/mol. The molecule has 0 aliphatic heterocycles. The Labute approximate surface area is 144 Å². The molecule has 0 saturated heterocycles. The molecule has 128 valence electrons. The number of carbonyl (C=O) groups excluding carboxylic acids is 1. The molecule has 4 nitrogen and oxygen atoms in total. The molecule has 0 heterocycles. The monoisotopic (exact) mass is 327 g/mol. The first-order chi connectivity index (χ1) is 11.7. The fraction of sp³-hybridized carbons (Fsp3) is 0.350. The normalized spacial score (nSPS) is 10.2. The second kappa shape index (κ2) is 9.60. The summed E-state index contributed by atoms with van der Waals surface area (Å²) in [4.78, 5) is 14.3. The van der Waals surface area contributed by atoms with Crippen molar-refractivity contribution in [3.05, 3.63) is 60.2 Å². The molecule has 4 heteroatoms. The smallest absolute Gasteiger partial charge is 0.338 e. The van der Waals surface area contributed by atoms with Gasteiger partial charge in [-0.2, -0.15) is 0 Å².